The number of nitrogens with zero attached hydrogens (tertiary/aromatic N) is 1. The molecule has 0 aliphatic heterocycles. The lowest BCUT2D eigenvalue weighted by atomic mass is 10.0. The molecule has 4 nitrogen and oxygen atoms in total. The van der Waals surface area contributed by atoms with E-state index in [1.165, 1.54) is 0 Å². The van der Waals surface area contributed by atoms with E-state index in [-0.39, 0.29) is 18.2 Å². The number of likely N-dealkylation sites (N-methyl/N-ethyl adjacent to an activating group) is 1. The average molecular weight is 469 g/mol. The summed E-state index contributed by atoms with van der Waals surface area (Å²) in [5.41, 5.74) is 2.61. The molecule has 1 N–H and O–H groups in total. The van der Waals surface area contributed by atoms with E-state index in [1.807, 2.05) is 67.6 Å². The van der Waals surface area contributed by atoms with Gasteiger partial charge in [-0.3, -0.25) is 9.59 Å². The maximum Gasteiger partial charge on any atom is 0.243 e. The molecule has 3 aromatic rings. The molecule has 0 radical (unpaired) electrons. The molecule has 0 saturated heterocycles. The third-order valence-electron chi connectivity index (χ3n) is 5.17. The van der Waals surface area contributed by atoms with Crippen molar-refractivity contribution in [1.82, 2.24) is 10.2 Å². The predicted octanol–water partition coefficient (Wildman–Crippen LogP) is 5.31. The van der Waals surface area contributed by atoms with Crippen LogP contribution >= 0.6 is 23.2 Å². The fraction of sp³-hybridized carbons (Fsp3) is 0.231. The standard InChI is InChI=1S/C26H26Cl2N2O2/c1-2-29-26(32)24(15-19-9-5-3-6-10-19)30(18-20-11-7-4-8-12-20)25(31)16-21-13-14-22(27)17-23(21)28/h3-14,17,24H,2,15-16,18H2,1H3,(H,29,32)/t24-/m1/s1. The number of amides is 2. The minimum absolute atomic E-state index is 0.0769. The summed E-state index contributed by atoms with van der Waals surface area (Å²) < 4.78 is 0. The Hall–Kier alpha value is -2.82. The second-order valence-electron chi connectivity index (χ2n) is 7.52. The zero-order valence-electron chi connectivity index (χ0n) is 17.9. The number of halogens is 2. The van der Waals surface area contributed by atoms with E-state index >= 15 is 0 Å². The molecule has 166 valence electrons. The fourth-order valence-electron chi connectivity index (χ4n) is 3.56. The molecule has 0 unspecified atom stereocenters. The Morgan fingerprint density at radius 3 is 2.12 bits per heavy atom. The zero-order chi connectivity index (χ0) is 22.9. The van der Waals surface area contributed by atoms with Crippen molar-refractivity contribution in [3.8, 4) is 0 Å². The minimum Gasteiger partial charge on any atom is -0.355 e. The van der Waals surface area contributed by atoms with Gasteiger partial charge in [0, 0.05) is 29.6 Å². The maximum absolute atomic E-state index is 13.5. The summed E-state index contributed by atoms with van der Waals surface area (Å²) in [7, 11) is 0. The van der Waals surface area contributed by atoms with Crippen LogP contribution in [0.4, 0.5) is 0 Å². The lowest BCUT2D eigenvalue weighted by Gasteiger charge is -2.31. The molecule has 0 saturated carbocycles. The Morgan fingerprint density at radius 2 is 1.53 bits per heavy atom. The van der Waals surface area contributed by atoms with Gasteiger partial charge < -0.3 is 10.2 Å². The summed E-state index contributed by atoms with van der Waals surface area (Å²) in [6.07, 6.45) is 0.493. The largest absolute Gasteiger partial charge is 0.355 e. The Kier molecular flexibility index (Phi) is 8.72. The molecular weight excluding hydrogens is 443 g/mol. The van der Waals surface area contributed by atoms with Crippen molar-refractivity contribution < 1.29 is 9.59 Å². The van der Waals surface area contributed by atoms with Crippen LogP contribution < -0.4 is 5.32 Å². The number of benzene rings is 3. The Balaban J connectivity index is 1.95. The molecule has 6 heteroatoms. The molecule has 0 heterocycles. The fourth-order valence-corrected chi connectivity index (χ4v) is 4.03. The van der Waals surface area contributed by atoms with E-state index in [1.54, 1.807) is 23.1 Å². The zero-order valence-corrected chi connectivity index (χ0v) is 19.4. The van der Waals surface area contributed by atoms with Crippen molar-refractivity contribution in [2.45, 2.75) is 32.4 Å². The number of nitrogens with one attached hydrogen (secondary N) is 1. The molecule has 32 heavy (non-hydrogen) atoms. The van der Waals surface area contributed by atoms with Gasteiger partial charge in [0.2, 0.25) is 11.8 Å². The van der Waals surface area contributed by atoms with Gasteiger partial charge in [0.1, 0.15) is 6.04 Å². The van der Waals surface area contributed by atoms with Crippen LogP contribution in [0.25, 0.3) is 0 Å². The van der Waals surface area contributed by atoms with Gasteiger partial charge >= 0.3 is 0 Å². The van der Waals surface area contributed by atoms with E-state index in [0.717, 1.165) is 11.1 Å². The van der Waals surface area contributed by atoms with Crippen LogP contribution in [0.15, 0.2) is 78.9 Å². The van der Waals surface area contributed by atoms with Crippen LogP contribution in [0.3, 0.4) is 0 Å². The van der Waals surface area contributed by atoms with Crippen molar-refractivity contribution in [3.63, 3.8) is 0 Å². The first kappa shape index (κ1) is 23.8. The van der Waals surface area contributed by atoms with Crippen LogP contribution in [-0.4, -0.2) is 29.3 Å². The lowest BCUT2D eigenvalue weighted by Crippen LogP contribution is -2.50. The normalized spacial score (nSPS) is 11.6. The van der Waals surface area contributed by atoms with Crippen LogP contribution in [0, 0.1) is 0 Å². The van der Waals surface area contributed by atoms with E-state index < -0.39 is 6.04 Å². The third-order valence-corrected chi connectivity index (χ3v) is 5.76. The van der Waals surface area contributed by atoms with E-state index in [2.05, 4.69) is 5.32 Å². The summed E-state index contributed by atoms with van der Waals surface area (Å²) in [6, 6.07) is 23.8. The second-order valence-corrected chi connectivity index (χ2v) is 8.36. The van der Waals surface area contributed by atoms with Gasteiger partial charge in [0.15, 0.2) is 0 Å². The van der Waals surface area contributed by atoms with Crippen LogP contribution in [0.2, 0.25) is 10.0 Å². The first-order valence-electron chi connectivity index (χ1n) is 10.6. The second kappa shape index (κ2) is 11.7. The summed E-state index contributed by atoms with van der Waals surface area (Å²) in [5, 5.41) is 3.84. The van der Waals surface area contributed by atoms with Gasteiger partial charge in [0.25, 0.3) is 0 Å². The monoisotopic (exact) mass is 468 g/mol. The van der Waals surface area contributed by atoms with Gasteiger partial charge in [-0.15, -0.1) is 0 Å². The molecule has 0 bridgehead atoms. The predicted molar refractivity (Wildman–Crippen MR) is 130 cm³/mol. The van der Waals surface area contributed by atoms with E-state index in [0.29, 0.717) is 35.1 Å². The number of carbonyl (C=O) groups excluding carboxylic acids is 2. The molecule has 0 aromatic heterocycles. The highest BCUT2D eigenvalue weighted by Gasteiger charge is 2.30. The summed E-state index contributed by atoms with van der Waals surface area (Å²) in [6.45, 7) is 2.67. The van der Waals surface area contributed by atoms with E-state index in [9.17, 15) is 9.59 Å². The van der Waals surface area contributed by atoms with Gasteiger partial charge in [-0.05, 0) is 35.7 Å². The number of hydrogen-bond acceptors (Lipinski definition) is 2. The SMILES string of the molecule is CCNC(=O)[C@@H](Cc1ccccc1)N(Cc1ccccc1)C(=O)Cc1ccc(Cl)cc1Cl. The molecular formula is C26H26Cl2N2O2. The molecule has 2 amide bonds. The van der Waals surface area contributed by atoms with Gasteiger partial charge in [-0.2, -0.15) is 0 Å². The highest BCUT2D eigenvalue weighted by atomic mass is 35.5. The van der Waals surface area contributed by atoms with Gasteiger partial charge in [-0.25, -0.2) is 0 Å². The van der Waals surface area contributed by atoms with Crippen LogP contribution in [-0.2, 0) is 29.0 Å². The smallest absolute Gasteiger partial charge is 0.243 e. The van der Waals surface area contributed by atoms with Crippen LogP contribution in [0.1, 0.15) is 23.6 Å². The molecule has 3 rings (SSSR count). The van der Waals surface area contributed by atoms with Crippen molar-refractivity contribution in [3.05, 3.63) is 106 Å². The molecule has 0 aliphatic carbocycles. The first-order chi connectivity index (χ1) is 15.5. The quantitative estimate of drug-likeness (QED) is 0.462. The first-order valence-corrected chi connectivity index (χ1v) is 11.3. The molecule has 3 aromatic carbocycles. The Morgan fingerprint density at radius 1 is 0.906 bits per heavy atom. The van der Waals surface area contributed by atoms with Gasteiger partial charge in [0.05, 0.1) is 6.42 Å². The summed E-state index contributed by atoms with van der Waals surface area (Å²) in [4.78, 5) is 28.3. The molecule has 0 spiro atoms. The highest BCUT2D eigenvalue weighted by Crippen LogP contribution is 2.23. The summed E-state index contributed by atoms with van der Waals surface area (Å²) >= 11 is 12.3. The van der Waals surface area contributed by atoms with Gasteiger partial charge in [-0.1, -0.05) is 89.9 Å². The summed E-state index contributed by atoms with van der Waals surface area (Å²) in [5.74, 6) is -0.354. The van der Waals surface area contributed by atoms with Crippen molar-refractivity contribution >= 4 is 35.0 Å². The van der Waals surface area contributed by atoms with E-state index in [4.69, 9.17) is 23.2 Å². The Bertz CT molecular complexity index is 1040. The minimum atomic E-state index is -0.656. The van der Waals surface area contributed by atoms with Crippen molar-refractivity contribution in [2.24, 2.45) is 0 Å². The number of rotatable bonds is 9. The van der Waals surface area contributed by atoms with Crippen molar-refractivity contribution in [2.75, 3.05) is 6.54 Å². The highest BCUT2D eigenvalue weighted by molar-refractivity contribution is 6.35. The number of hydrogen-bond donors (Lipinski definition) is 1. The number of carbonyl (C=O) groups is 2. The topological polar surface area (TPSA) is 49.4 Å². The molecule has 0 fully saturated rings. The average Bonchev–Trinajstić information content (AvgIpc) is 2.79. The molecule has 0 aliphatic rings. The van der Waals surface area contributed by atoms with Crippen LogP contribution in [0.5, 0.6) is 0 Å². The molecule has 1 atom stereocenters. The Labute approximate surface area is 199 Å². The lowest BCUT2D eigenvalue weighted by molar-refractivity contribution is -0.140. The maximum atomic E-state index is 13.5. The van der Waals surface area contributed by atoms with Crippen molar-refractivity contribution in [1.29, 1.82) is 0 Å². The third kappa shape index (κ3) is 6.59.